The number of anilines is 2. The molecule has 2 rings (SSSR count). The Balaban J connectivity index is 2.34. The highest BCUT2D eigenvalue weighted by Gasteiger charge is 2.10. The number of benzene rings is 1. The van der Waals surface area contributed by atoms with Crippen LogP contribution < -0.4 is 21.1 Å². The van der Waals surface area contributed by atoms with Crippen molar-refractivity contribution in [2.75, 3.05) is 25.1 Å². The Morgan fingerprint density at radius 3 is 2.62 bits per heavy atom. The van der Waals surface area contributed by atoms with Gasteiger partial charge in [0.25, 0.3) is 5.91 Å². The molecule has 0 atom stereocenters. The largest absolute Gasteiger partial charge is 0.457 e. The van der Waals surface area contributed by atoms with Gasteiger partial charge in [-0.3, -0.25) is 4.79 Å². The topological polar surface area (TPSA) is 89.3 Å². The summed E-state index contributed by atoms with van der Waals surface area (Å²) in [5.74, 6) is 0.180. The number of hydrogen-bond acceptors (Lipinski definition) is 5. The maximum absolute atomic E-state index is 13.4. The molecular formula is C14H15FN4O2. The number of nitrogens with two attached hydrogens (primary N) is 1. The Labute approximate surface area is 121 Å². The number of halogens is 1. The molecule has 2 aromatic rings. The first-order valence-electron chi connectivity index (χ1n) is 6.18. The molecule has 4 N–H and O–H groups in total. The summed E-state index contributed by atoms with van der Waals surface area (Å²) in [4.78, 5) is 15.8. The second-order valence-corrected chi connectivity index (χ2v) is 4.19. The number of carbonyl (C=O) groups is 1. The van der Waals surface area contributed by atoms with Crippen LogP contribution in [0.15, 0.2) is 30.3 Å². The lowest BCUT2D eigenvalue weighted by molar-refractivity contribution is 0.0958. The van der Waals surface area contributed by atoms with E-state index in [0.717, 1.165) is 0 Å². The smallest absolute Gasteiger partial charge is 0.269 e. The van der Waals surface area contributed by atoms with E-state index >= 15 is 0 Å². The Hall–Kier alpha value is -2.83. The molecule has 0 bridgehead atoms. The van der Waals surface area contributed by atoms with Gasteiger partial charge in [0.2, 0.25) is 0 Å². The van der Waals surface area contributed by atoms with Gasteiger partial charge in [-0.05, 0) is 12.1 Å². The van der Waals surface area contributed by atoms with Crippen LogP contribution in [0.3, 0.4) is 0 Å². The second kappa shape index (κ2) is 6.08. The van der Waals surface area contributed by atoms with Crippen LogP contribution in [0, 0.1) is 5.82 Å². The van der Waals surface area contributed by atoms with Gasteiger partial charge in [0.05, 0.1) is 5.69 Å². The molecule has 1 aromatic carbocycles. The van der Waals surface area contributed by atoms with Gasteiger partial charge in [-0.15, -0.1) is 0 Å². The van der Waals surface area contributed by atoms with Crippen molar-refractivity contribution in [1.29, 1.82) is 0 Å². The minimum atomic E-state index is -0.568. The maximum Gasteiger partial charge on any atom is 0.269 e. The molecule has 7 heteroatoms. The Bertz CT molecular complexity index is 676. The quantitative estimate of drug-likeness (QED) is 0.749. The number of aromatic nitrogens is 1. The number of nitrogen functional groups attached to an aromatic ring is 1. The minimum absolute atomic E-state index is 0.0408. The highest BCUT2D eigenvalue weighted by Crippen LogP contribution is 2.26. The molecule has 110 valence electrons. The van der Waals surface area contributed by atoms with Crippen molar-refractivity contribution in [3.63, 3.8) is 0 Å². The first-order valence-corrected chi connectivity index (χ1v) is 6.18. The second-order valence-electron chi connectivity index (χ2n) is 4.19. The van der Waals surface area contributed by atoms with E-state index < -0.39 is 5.82 Å². The van der Waals surface area contributed by atoms with E-state index in [4.69, 9.17) is 10.5 Å². The predicted octanol–water partition coefficient (Wildman–Crippen LogP) is 2.00. The molecule has 1 heterocycles. The standard InChI is InChI=1S/C14H15FN4O2/c1-17-13-7-9(6-12(19-13)14(20)18-2)21-8-3-4-11(16)10(15)5-8/h3-7H,16H2,1-2H3,(H,17,19)(H,18,20). The fourth-order valence-electron chi connectivity index (χ4n) is 1.64. The molecular weight excluding hydrogens is 275 g/mol. The van der Waals surface area contributed by atoms with E-state index in [1.54, 1.807) is 13.1 Å². The van der Waals surface area contributed by atoms with Crippen molar-refractivity contribution < 1.29 is 13.9 Å². The van der Waals surface area contributed by atoms with Crippen molar-refractivity contribution in [1.82, 2.24) is 10.3 Å². The van der Waals surface area contributed by atoms with Gasteiger partial charge in [-0.2, -0.15) is 0 Å². The van der Waals surface area contributed by atoms with E-state index in [1.807, 2.05) is 0 Å². The minimum Gasteiger partial charge on any atom is -0.457 e. The van der Waals surface area contributed by atoms with Crippen LogP contribution in [0.4, 0.5) is 15.9 Å². The molecule has 1 amide bonds. The number of pyridine rings is 1. The molecule has 0 saturated heterocycles. The molecule has 0 saturated carbocycles. The number of nitrogens with one attached hydrogen (secondary N) is 2. The van der Waals surface area contributed by atoms with Crippen molar-refractivity contribution in [2.24, 2.45) is 0 Å². The zero-order valence-electron chi connectivity index (χ0n) is 11.6. The lowest BCUT2D eigenvalue weighted by Gasteiger charge is -2.10. The summed E-state index contributed by atoms with van der Waals surface area (Å²) in [6.45, 7) is 0. The normalized spacial score (nSPS) is 10.0. The molecule has 0 spiro atoms. The van der Waals surface area contributed by atoms with Crippen LogP contribution in [0.1, 0.15) is 10.5 Å². The van der Waals surface area contributed by atoms with E-state index in [-0.39, 0.29) is 23.0 Å². The van der Waals surface area contributed by atoms with Gasteiger partial charge < -0.3 is 21.1 Å². The molecule has 6 nitrogen and oxygen atoms in total. The van der Waals surface area contributed by atoms with E-state index in [1.165, 1.54) is 31.3 Å². The number of hydrogen-bond donors (Lipinski definition) is 3. The van der Waals surface area contributed by atoms with Crippen LogP contribution >= 0.6 is 0 Å². The van der Waals surface area contributed by atoms with Gasteiger partial charge in [0.1, 0.15) is 28.8 Å². The molecule has 21 heavy (non-hydrogen) atoms. The summed E-state index contributed by atoms with van der Waals surface area (Å²) in [6.07, 6.45) is 0. The fourth-order valence-corrected chi connectivity index (χ4v) is 1.64. The van der Waals surface area contributed by atoms with Crippen LogP contribution in [0.5, 0.6) is 11.5 Å². The van der Waals surface area contributed by atoms with Crippen molar-refractivity contribution in [3.05, 3.63) is 41.8 Å². The van der Waals surface area contributed by atoms with Gasteiger partial charge in [-0.25, -0.2) is 9.37 Å². The van der Waals surface area contributed by atoms with Crippen molar-refractivity contribution in [2.45, 2.75) is 0 Å². The summed E-state index contributed by atoms with van der Waals surface area (Å²) in [7, 11) is 3.18. The first kappa shape index (κ1) is 14.6. The van der Waals surface area contributed by atoms with E-state index in [9.17, 15) is 9.18 Å². The SMILES string of the molecule is CNC(=O)c1cc(Oc2ccc(N)c(F)c2)cc(NC)n1. The van der Waals surface area contributed by atoms with Gasteiger partial charge >= 0.3 is 0 Å². The lowest BCUT2D eigenvalue weighted by atomic mass is 10.3. The molecule has 1 aromatic heterocycles. The monoisotopic (exact) mass is 290 g/mol. The summed E-state index contributed by atoms with van der Waals surface area (Å²) in [6, 6.07) is 7.19. The number of ether oxygens (including phenoxy) is 1. The number of nitrogens with zero attached hydrogens (tertiary/aromatic N) is 1. The summed E-state index contributed by atoms with van der Waals surface area (Å²) in [5.41, 5.74) is 5.64. The fraction of sp³-hybridized carbons (Fsp3) is 0.143. The Morgan fingerprint density at radius 2 is 2.00 bits per heavy atom. The van der Waals surface area contributed by atoms with Crippen LogP contribution in [0.2, 0.25) is 0 Å². The summed E-state index contributed by atoms with van der Waals surface area (Å²) < 4.78 is 18.9. The molecule has 0 radical (unpaired) electrons. The third-order valence-electron chi connectivity index (χ3n) is 2.72. The third kappa shape index (κ3) is 3.38. The summed E-state index contributed by atoms with van der Waals surface area (Å²) in [5, 5.41) is 5.31. The van der Waals surface area contributed by atoms with Crippen LogP contribution in [-0.2, 0) is 0 Å². The first-order chi connectivity index (χ1) is 10.0. The Kier molecular flexibility index (Phi) is 4.22. The highest BCUT2D eigenvalue weighted by atomic mass is 19.1. The molecule has 0 aliphatic rings. The third-order valence-corrected chi connectivity index (χ3v) is 2.72. The zero-order chi connectivity index (χ0) is 15.4. The summed E-state index contributed by atoms with van der Waals surface area (Å²) >= 11 is 0. The van der Waals surface area contributed by atoms with Gasteiger partial charge in [0, 0.05) is 32.3 Å². The molecule has 0 aliphatic carbocycles. The van der Waals surface area contributed by atoms with Crippen molar-refractivity contribution >= 4 is 17.4 Å². The molecule has 0 aliphatic heterocycles. The van der Waals surface area contributed by atoms with Crippen LogP contribution in [-0.4, -0.2) is 25.0 Å². The lowest BCUT2D eigenvalue weighted by Crippen LogP contribution is -2.19. The number of amides is 1. The maximum atomic E-state index is 13.4. The van der Waals surface area contributed by atoms with Crippen molar-refractivity contribution in [3.8, 4) is 11.5 Å². The Morgan fingerprint density at radius 1 is 1.24 bits per heavy atom. The van der Waals surface area contributed by atoms with Crippen LogP contribution in [0.25, 0.3) is 0 Å². The average molecular weight is 290 g/mol. The average Bonchev–Trinajstić information content (AvgIpc) is 2.49. The molecule has 0 fully saturated rings. The van der Waals surface area contributed by atoms with E-state index in [0.29, 0.717) is 11.6 Å². The zero-order valence-corrected chi connectivity index (χ0v) is 11.6. The van der Waals surface area contributed by atoms with E-state index in [2.05, 4.69) is 15.6 Å². The number of carbonyl (C=O) groups excluding carboxylic acids is 1. The molecule has 0 unspecified atom stereocenters. The predicted molar refractivity (Wildman–Crippen MR) is 78.1 cm³/mol. The number of rotatable bonds is 4. The van der Waals surface area contributed by atoms with Gasteiger partial charge in [-0.1, -0.05) is 0 Å². The highest BCUT2D eigenvalue weighted by molar-refractivity contribution is 5.92. The van der Waals surface area contributed by atoms with Gasteiger partial charge in [0.15, 0.2) is 0 Å².